The van der Waals surface area contributed by atoms with Crippen molar-refractivity contribution < 1.29 is 28.2 Å². The Bertz CT molecular complexity index is 570. The lowest BCUT2D eigenvalue weighted by Gasteiger charge is -2.18. The maximum atomic E-state index is 12.2. The van der Waals surface area contributed by atoms with Crippen LogP contribution in [0.15, 0.2) is 4.90 Å². The standard InChI is InChI=1S/C9H13N3O6S/c1-5-9(6(2)11-10-5)19(17,18)12(3-7(13)14)4-8(15)16/h3-4H2,1-2H3,(H,10,11)(H,13,14)(H,15,16). The van der Waals surface area contributed by atoms with Crippen molar-refractivity contribution in [2.45, 2.75) is 18.7 Å². The first-order chi connectivity index (χ1) is 8.66. The molecule has 3 N–H and O–H groups in total. The van der Waals surface area contributed by atoms with Gasteiger partial charge in [0.25, 0.3) is 0 Å². The number of aryl methyl sites for hydroxylation is 2. The van der Waals surface area contributed by atoms with E-state index in [9.17, 15) is 18.0 Å². The van der Waals surface area contributed by atoms with E-state index < -0.39 is 35.1 Å². The van der Waals surface area contributed by atoms with Crippen LogP contribution in [0.1, 0.15) is 11.4 Å². The highest BCUT2D eigenvalue weighted by Crippen LogP contribution is 2.21. The zero-order valence-electron chi connectivity index (χ0n) is 10.2. The molecule has 0 saturated carbocycles. The first-order valence-corrected chi connectivity index (χ1v) is 6.55. The van der Waals surface area contributed by atoms with Gasteiger partial charge < -0.3 is 10.2 Å². The minimum atomic E-state index is -4.23. The zero-order valence-corrected chi connectivity index (χ0v) is 11.1. The number of aromatic nitrogens is 2. The fraction of sp³-hybridized carbons (Fsp3) is 0.444. The Balaban J connectivity index is 3.27. The lowest BCUT2D eigenvalue weighted by Crippen LogP contribution is -2.39. The molecule has 0 bridgehead atoms. The fourth-order valence-electron chi connectivity index (χ4n) is 1.58. The minimum absolute atomic E-state index is 0.151. The average Bonchev–Trinajstić information content (AvgIpc) is 2.56. The summed E-state index contributed by atoms with van der Waals surface area (Å²) in [4.78, 5) is 21.1. The molecule has 0 unspecified atom stereocenters. The van der Waals surface area contributed by atoms with Crippen LogP contribution in [-0.4, -0.2) is 58.2 Å². The summed E-state index contributed by atoms with van der Waals surface area (Å²) in [5.41, 5.74) is 0.372. The summed E-state index contributed by atoms with van der Waals surface area (Å²) in [6.07, 6.45) is 0. The number of carbonyl (C=O) groups is 2. The summed E-state index contributed by atoms with van der Waals surface area (Å²) in [7, 11) is -4.23. The number of hydrogen-bond acceptors (Lipinski definition) is 5. The van der Waals surface area contributed by atoms with Crippen molar-refractivity contribution in [3.05, 3.63) is 11.4 Å². The zero-order chi connectivity index (χ0) is 14.8. The smallest absolute Gasteiger partial charge is 0.318 e. The molecule has 19 heavy (non-hydrogen) atoms. The Labute approximate surface area is 108 Å². The molecule has 0 amide bonds. The van der Waals surface area contributed by atoms with Crippen LogP contribution in [0.2, 0.25) is 0 Å². The van der Waals surface area contributed by atoms with Crippen LogP contribution >= 0.6 is 0 Å². The van der Waals surface area contributed by atoms with E-state index in [-0.39, 0.29) is 16.3 Å². The fourth-order valence-corrected chi connectivity index (χ4v) is 3.25. The third kappa shape index (κ3) is 3.29. The van der Waals surface area contributed by atoms with Crippen molar-refractivity contribution in [3.8, 4) is 0 Å². The van der Waals surface area contributed by atoms with Crippen LogP contribution in [0, 0.1) is 13.8 Å². The van der Waals surface area contributed by atoms with Gasteiger partial charge in [-0.2, -0.15) is 9.40 Å². The van der Waals surface area contributed by atoms with Gasteiger partial charge in [-0.3, -0.25) is 14.7 Å². The van der Waals surface area contributed by atoms with Gasteiger partial charge in [0.15, 0.2) is 0 Å². The molecule has 1 rings (SSSR count). The molecule has 9 nitrogen and oxygen atoms in total. The summed E-state index contributed by atoms with van der Waals surface area (Å²) in [6.45, 7) is 1.01. The average molecular weight is 291 g/mol. The number of nitrogens with zero attached hydrogens (tertiary/aromatic N) is 2. The highest BCUT2D eigenvalue weighted by Gasteiger charge is 2.32. The maximum absolute atomic E-state index is 12.2. The molecule has 106 valence electrons. The Hall–Kier alpha value is -1.94. The molecule has 1 aromatic heterocycles. The summed E-state index contributed by atoms with van der Waals surface area (Å²) in [5, 5.41) is 23.5. The quantitative estimate of drug-likeness (QED) is 0.622. The number of aliphatic carboxylic acids is 2. The molecule has 0 spiro atoms. The van der Waals surface area contributed by atoms with Crippen LogP contribution in [0.4, 0.5) is 0 Å². The normalized spacial score (nSPS) is 11.7. The molecule has 0 aliphatic rings. The SMILES string of the molecule is Cc1n[nH]c(C)c1S(=O)(=O)N(CC(=O)O)CC(=O)O. The second kappa shape index (κ2) is 5.36. The van der Waals surface area contributed by atoms with Crippen LogP contribution in [0.5, 0.6) is 0 Å². The molecule has 10 heteroatoms. The van der Waals surface area contributed by atoms with E-state index in [1.165, 1.54) is 13.8 Å². The van der Waals surface area contributed by atoms with Crippen molar-refractivity contribution in [2.24, 2.45) is 0 Å². The van der Waals surface area contributed by atoms with Crippen LogP contribution in [-0.2, 0) is 19.6 Å². The maximum Gasteiger partial charge on any atom is 0.318 e. The van der Waals surface area contributed by atoms with Gasteiger partial charge in [0.1, 0.15) is 18.0 Å². The second-order valence-corrected chi connectivity index (χ2v) is 5.70. The largest absolute Gasteiger partial charge is 0.480 e. The topological polar surface area (TPSA) is 141 Å². The van der Waals surface area contributed by atoms with Gasteiger partial charge >= 0.3 is 11.9 Å². The Morgan fingerprint density at radius 3 is 2.00 bits per heavy atom. The van der Waals surface area contributed by atoms with Crippen molar-refractivity contribution >= 4 is 22.0 Å². The summed E-state index contributed by atoms with van der Waals surface area (Å²) >= 11 is 0. The summed E-state index contributed by atoms with van der Waals surface area (Å²) in [5.74, 6) is -2.88. The van der Waals surface area contributed by atoms with E-state index >= 15 is 0 Å². The first-order valence-electron chi connectivity index (χ1n) is 5.11. The number of nitrogens with one attached hydrogen (secondary N) is 1. The number of hydrogen-bond donors (Lipinski definition) is 3. The number of aromatic amines is 1. The van der Waals surface area contributed by atoms with Crippen LogP contribution in [0.25, 0.3) is 0 Å². The predicted molar refractivity (Wildman–Crippen MR) is 62.1 cm³/mol. The Morgan fingerprint density at radius 2 is 1.68 bits per heavy atom. The van der Waals surface area contributed by atoms with Crippen molar-refractivity contribution in [1.82, 2.24) is 14.5 Å². The third-order valence-corrected chi connectivity index (χ3v) is 4.34. The van der Waals surface area contributed by atoms with E-state index in [4.69, 9.17) is 10.2 Å². The van der Waals surface area contributed by atoms with Gasteiger partial charge in [-0.1, -0.05) is 0 Å². The minimum Gasteiger partial charge on any atom is -0.480 e. The molecular weight excluding hydrogens is 278 g/mol. The third-order valence-electron chi connectivity index (χ3n) is 2.28. The van der Waals surface area contributed by atoms with Gasteiger partial charge in [-0.15, -0.1) is 0 Å². The molecular formula is C9H13N3O6S. The number of carboxylic acids is 2. The molecule has 1 heterocycles. The molecule has 0 saturated heterocycles. The first kappa shape index (κ1) is 15.1. The van der Waals surface area contributed by atoms with Crippen molar-refractivity contribution in [2.75, 3.05) is 13.1 Å². The number of H-pyrrole nitrogens is 1. The molecule has 0 radical (unpaired) electrons. The molecule has 1 aromatic rings. The Kier molecular flexibility index (Phi) is 4.27. The lowest BCUT2D eigenvalue weighted by atomic mass is 10.4. The molecule has 0 atom stereocenters. The molecule has 0 aliphatic heterocycles. The van der Waals surface area contributed by atoms with E-state index in [0.717, 1.165) is 0 Å². The lowest BCUT2D eigenvalue weighted by molar-refractivity contribution is -0.139. The molecule has 0 aliphatic carbocycles. The van der Waals surface area contributed by atoms with Gasteiger partial charge in [-0.25, -0.2) is 8.42 Å². The van der Waals surface area contributed by atoms with Crippen LogP contribution < -0.4 is 0 Å². The monoisotopic (exact) mass is 291 g/mol. The number of rotatable bonds is 6. The highest BCUT2D eigenvalue weighted by atomic mass is 32.2. The van der Waals surface area contributed by atoms with E-state index in [0.29, 0.717) is 4.31 Å². The van der Waals surface area contributed by atoms with Gasteiger partial charge in [-0.05, 0) is 13.8 Å². The van der Waals surface area contributed by atoms with Gasteiger partial charge in [0.05, 0.1) is 11.4 Å². The van der Waals surface area contributed by atoms with E-state index in [1.54, 1.807) is 0 Å². The van der Waals surface area contributed by atoms with Crippen LogP contribution in [0.3, 0.4) is 0 Å². The molecule has 0 fully saturated rings. The summed E-state index contributed by atoms with van der Waals surface area (Å²) in [6, 6.07) is 0. The van der Waals surface area contributed by atoms with E-state index in [2.05, 4.69) is 10.2 Å². The highest BCUT2D eigenvalue weighted by molar-refractivity contribution is 7.89. The molecule has 0 aromatic carbocycles. The number of sulfonamides is 1. The summed E-state index contributed by atoms with van der Waals surface area (Å²) < 4.78 is 24.9. The number of carboxylic acid groups (broad SMARTS) is 2. The predicted octanol–water partition coefficient (Wildman–Crippen LogP) is -0.814. The van der Waals surface area contributed by atoms with Gasteiger partial charge in [0, 0.05) is 0 Å². The van der Waals surface area contributed by atoms with E-state index in [1.807, 2.05) is 0 Å². The van der Waals surface area contributed by atoms with Crippen molar-refractivity contribution in [1.29, 1.82) is 0 Å². The Morgan fingerprint density at radius 1 is 1.21 bits per heavy atom. The van der Waals surface area contributed by atoms with Crippen molar-refractivity contribution in [3.63, 3.8) is 0 Å². The second-order valence-electron chi connectivity index (χ2n) is 3.82. The van der Waals surface area contributed by atoms with Gasteiger partial charge in [0.2, 0.25) is 10.0 Å².